The molecule has 0 saturated heterocycles. The molecule has 112 valence electrons. The van der Waals surface area contributed by atoms with Gasteiger partial charge in [-0.1, -0.05) is 11.3 Å². The topological polar surface area (TPSA) is 66.2 Å². The molecule has 1 aromatic carbocycles. The number of rotatable bonds is 5. The number of carbonyl (C=O) groups is 1. The molecule has 0 aliphatic rings. The largest absolute Gasteiger partial charge is 0.464 e. The quantitative estimate of drug-likeness (QED) is 0.785. The van der Waals surface area contributed by atoms with Crippen molar-refractivity contribution in [2.45, 2.75) is 20.1 Å². The van der Waals surface area contributed by atoms with E-state index in [1.807, 2.05) is 6.92 Å². The van der Waals surface area contributed by atoms with Gasteiger partial charge in [-0.25, -0.2) is 13.9 Å². The maximum atomic E-state index is 13.3. The van der Waals surface area contributed by atoms with E-state index >= 15 is 0 Å². The van der Waals surface area contributed by atoms with Crippen molar-refractivity contribution in [2.75, 3.05) is 14.2 Å². The average molecular weight is 293 g/mol. The third-order valence-corrected chi connectivity index (χ3v) is 3.13. The monoisotopic (exact) mass is 293 g/mol. The van der Waals surface area contributed by atoms with Gasteiger partial charge < -0.3 is 9.47 Å². The molecule has 0 atom stereocenters. The molecule has 0 N–H and O–H groups in total. The van der Waals surface area contributed by atoms with Gasteiger partial charge in [0.2, 0.25) is 0 Å². The van der Waals surface area contributed by atoms with Crippen LogP contribution in [0, 0.1) is 12.7 Å². The van der Waals surface area contributed by atoms with E-state index in [9.17, 15) is 9.18 Å². The van der Waals surface area contributed by atoms with Crippen LogP contribution in [0.1, 0.15) is 27.3 Å². The predicted molar refractivity (Wildman–Crippen MR) is 72.3 cm³/mol. The van der Waals surface area contributed by atoms with Crippen LogP contribution in [0.4, 0.5) is 4.39 Å². The molecule has 7 heteroatoms. The van der Waals surface area contributed by atoms with Gasteiger partial charge in [0.05, 0.1) is 26.0 Å². The summed E-state index contributed by atoms with van der Waals surface area (Å²) in [6.07, 6.45) is 0. The molecule has 0 spiro atoms. The van der Waals surface area contributed by atoms with Crippen LogP contribution < -0.4 is 0 Å². The van der Waals surface area contributed by atoms with Crippen molar-refractivity contribution in [3.8, 4) is 0 Å². The van der Waals surface area contributed by atoms with E-state index in [0.29, 0.717) is 12.2 Å². The van der Waals surface area contributed by atoms with Crippen molar-refractivity contribution in [3.63, 3.8) is 0 Å². The van der Waals surface area contributed by atoms with E-state index in [2.05, 4.69) is 15.0 Å². The van der Waals surface area contributed by atoms with Crippen LogP contribution in [0.3, 0.4) is 0 Å². The fourth-order valence-corrected chi connectivity index (χ4v) is 1.97. The molecular weight excluding hydrogens is 277 g/mol. The molecule has 0 amide bonds. The molecule has 0 fully saturated rings. The van der Waals surface area contributed by atoms with E-state index in [-0.39, 0.29) is 18.1 Å². The maximum Gasteiger partial charge on any atom is 0.360 e. The zero-order chi connectivity index (χ0) is 15.4. The zero-order valence-electron chi connectivity index (χ0n) is 12.1. The van der Waals surface area contributed by atoms with Crippen molar-refractivity contribution in [2.24, 2.45) is 0 Å². The molecule has 1 heterocycles. The Morgan fingerprint density at radius 3 is 2.81 bits per heavy atom. The first-order valence-corrected chi connectivity index (χ1v) is 6.31. The minimum Gasteiger partial charge on any atom is -0.464 e. The van der Waals surface area contributed by atoms with E-state index in [4.69, 9.17) is 4.74 Å². The number of ether oxygens (including phenoxy) is 2. The van der Waals surface area contributed by atoms with Crippen LogP contribution in [-0.2, 0) is 22.6 Å². The second kappa shape index (κ2) is 6.45. The summed E-state index contributed by atoms with van der Waals surface area (Å²) in [5, 5.41) is 7.75. The molecule has 0 bridgehead atoms. The third-order valence-electron chi connectivity index (χ3n) is 3.13. The fraction of sp³-hybridized carbons (Fsp3) is 0.357. The SMILES string of the molecule is COCc1c(C(=O)OC)nnn1Cc1cc(F)ccc1C. The Morgan fingerprint density at radius 2 is 2.14 bits per heavy atom. The highest BCUT2D eigenvalue weighted by atomic mass is 19.1. The molecule has 0 radical (unpaired) electrons. The minimum atomic E-state index is -0.579. The highest BCUT2D eigenvalue weighted by molar-refractivity contribution is 5.88. The Hall–Kier alpha value is -2.28. The summed E-state index contributed by atoms with van der Waals surface area (Å²) in [6, 6.07) is 4.53. The predicted octanol–water partition coefficient (Wildman–Crippen LogP) is 1.71. The number of aromatic nitrogens is 3. The average Bonchev–Trinajstić information content (AvgIpc) is 2.85. The number of methoxy groups -OCH3 is 2. The first kappa shape index (κ1) is 15.1. The van der Waals surface area contributed by atoms with E-state index < -0.39 is 5.97 Å². The van der Waals surface area contributed by atoms with Gasteiger partial charge in [0.15, 0.2) is 5.69 Å². The van der Waals surface area contributed by atoms with Crippen LogP contribution in [-0.4, -0.2) is 35.2 Å². The summed E-state index contributed by atoms with van der Waals surface area (Å²) in [7, 11) is 2.78. The number of aryl methyl sites for hydroxylation is 1. The van der Waals surface area contributed by atoms with Crippen molar-refractivity contribution in [3.05, 3.63) is 46.5 Å². The van der Waals surface area contributed by atoms with E-state index in [0.717, 1.165) is 11.1 Å². The summed E-state index contributed by atoms with van der Waals surface area (Å²) in [4.78, 5) is 11.6. The minimum absolute atomic E-state index is 0.105. The van der Waals surface area contributed by atoms with Gasteiger partial charge in [-0.05, 0) is 30.2 Å². The Morgan fingerprint density at radius 1 is 1.38 bits per heavy atom. The highest BCUT2D eigenvalue weighted by Crippen LogP contribution is 2.15. The van der Waals surface area contributed by atoms with Gasteiger partial charge >= 0.3 is 5.97 Å². The number of carbonyl (C=O) groups excluding carboxylic acids is 1. The number of esters is 1. The van der Waals surface area contributed by atoms with Crippen molar-refractivity contribution >= 4 is 5.97 Å². The summed E-state index contributed by atoms with van der Waals surface area (Å²) >= 11 is 0. The number of benzene rings is 1. The molecule has 0 unspecified atom stereocenters. The number of hydrogen-bond acceptors (Lipinski definition) is 5. The Kier molecular flexibility index (Phi) is 4.64. The number of hydrogen-bond donors (Lipinski definition) is 0. The first-order valence-electron chi connectivity index (χ1n) is 6.31. The Balaban J connectivity index is 2.37. The lowest BCUT2D eigenvalue weighted by molar-refractivity contribution is 0.0588. The van der Waals surface area contributed by atoms with Crippen LogP contribution >= 0.6 is 0 Å². The fourth-order valence-electron chi connectivity index (χ4n) is 1.97. The first-order chi connectivity index (χ1) is 10.1. The third kappa shape index (κ3) is 3.25. The molecule has 0 aliphatic carbocycles. The highest BCUT2D eigenvalue weighted by Gasteiger charge is 2.20. The van der Waals surface area contributed by atoms with Gasteiger partial charge in [-0.3, -0.25) is 0 Å². The molecule has 6 nitrogen and oxygen atoms in total. The Bertz CT molecular complexity index is 655. The molecular formula is C14H16FN3O3. The van der Waals surface area contributed by atoms with Gasteiger partial charge in [-0.15, -0.1) is 5.10 Å². The second-order valence-electron chi connectivity index (χ2n) is 4.54. The van der Waals surface area contributed by atoms with Crippen LogP contribution in [0.5, 0.6) is 0 Å². The van der Waals surface area contributed by atoms with Crippen LogP contribution in [0.2, 0.25) is 0 Å². The van der Waals surface area contributed by atoms with Gasteiger partial charge in [0.25, 0.3) is 0 Å². The second-order valence-corrected chi connectivity index (χ2v) is 4.54. The molecule has 0 aliphatic heterocycles. The molecule has 0 saturated carbocycles. The number of halogens is 1. The van der Waals surface area contributed by atoms with Crippen molar-refractivity contribution in [1.29, 1.82) is 0 Å². The normalized spacial score (nSPS) is 10.7. The molecule has 2 rings (SSSR count). The zero-order valence-corrected chi connectivity index (χ0v) is 12.1. The van der Waals surface area contributed by atoms with Crippen LogP contribution in [0.25, 0.3) is 0 Å². The van der Waals surface area contributed by atoms with E-state index in [1.54, 1.807) is 6.07 Å². The maximum absolute atomic E-state index is 13.3. The lowest BCUT2D eigenvalue weighted by atomic mass is 10.1. The van der Waals surface area contributed by atoms with Crippen molar-refractivity contribution < 1.29 is 18.7 Å². The van der Waals surface area contributed by atoms with Crippen molar-refractivity contribution in [1.82, 2.24) is 15.0 Å². The van der Waals surface area contributed by atoms with Gasteiger partial charge in [0, 0.05) is 7.11 Å². The van der Waals surface area contributed by atoms with Gasteiger partial charge in [0.1, 0.15) is 5.82 Å². The summed E-state index contributed by atoms with van der Waals surface area (Å²) in [5.41, 5.74) is 2.28. The Labute approximate surface area is 121 Å². The molecule has 21 heavy (non-hydrogen) atoms. The molecule has 2 aromatic rings. The van der Waals surface area contributed by atoms with Crippen LogP contribution in [0.15, 0.2) is 18.2 Å². The number of nitrogens with zero attached hydrogens (tertiary/aromatic N) is 3. The summed E-state index contributed by atoms with van der Waals surface area (Å²) in [5.74, 6) is -0.901. The lowest BCUT2D eigenvalue weighted by Gasteiger charge is -2.09. The van der Waals surface area contributed by atoms with E-state index in [1.165, 1.54) is 31.0 Å². The standard InChI is InChI=1S/C14H16FN3O3/c1-9-4-5-11(15)6-10(9)7-18-12(8-20-2)13(16-17-18)14(19)21-3/h4-6H,7-8H2,1-3H3. The molecule has 1 aromatic heterocycles. The lowest BCUT2D eigenvalue weighted by Crippen LogP contribution is -2.12. The summed E-state index contributed by atoms with van der Waals surface area (Å²) < 4.78 is 24.6. The smallest absolute Gasteiger partial charge is 0.360 e. The summed E-state index contributed by atoms with van der Waals surface area (Å²) in [6.45, 7) is 2.33. The van der Waals surface area contributed by atoms with Gasteiger partial charge in [-0.2, -0.15) is 0 Å².